The first kappa shape index (κ1) is 59.0. The van der Waals surface area contributed by atoms with Crippen molar-refractivity contribution in [2.24, 2.45) is 0 Å². The maximum atomic E-state index is 12.7. The van der Waals surface area contributed by atoms with Gasteiger partial charge in [0.05, 0.1) is 32.0 Å². The van der Waals surface area contributed by atoms with Gasteiger partial charge in [0.1, 0.15) is 12.7 Å². The van der Waals surface area contributed by atoms with Crippen molar-refractivity contribution in [1.29, 1.82) is 0 Å². The molecule has 1 aliphatic heterocycles. The number of phosphoric ester groups is 2. The number of ether oxygens (including phenoxy) is 3. The van der Waals surface area contributed by atoms with Crippen molar-refractivity contribution in [1.82, 2.24) is 0 Å². The summed E-state index contributed by atoms with van der Waals surface area (Å²) in [5, 5.41) is 9.76. The number of esters is 2. The highest BCUT2D eigenvalue weighted by atomic mass is 31.2. The highest BCUT2D eigenvalue weighted by molar-refractivity contribution is 7.47. The van der Waals surface area contributed by atoms with Crippen LogP contribution in [0.5, 0.6) is 0 Å². The van der Waals surface area contributed by atoms with Gasteiger partial charge in [-0.05, 0) is 89.9 Å². The molecule has 1 heterocycles. The van der Waals surface area contributed by atoms with Crippen LogP contribution in [0.3, 0.4) is 0 Å². The summed E-state index contributed by atoms with van der Waals surface area (Å²) in [7, 11) is -9.72. The van der Waals surface area contributed by atoms with Gasteiger partial charge in [0.15, 0.2) is 6.10 Å². The highest BCUT2D eigenvalue weighted by Crippen LogP contribution is 2.44. The summed E-state index contributed by atoms with van der Waals surface area (Å²) in [5.41, 5.74) is 0. The van der Waals surface area contributed by atoms with Gasteiger partial charge in [-0.3, -0.25) is 23.2 Å². The number of carbonyl (C=O) groups is 2. The lowest BCUT2D eigenvalue weighted by molar-refractivity contribution is -0.161. The van der Waals surface area contributed by atoms with E-state index in [2.05, 4.69) is 108 Å². The summed E-state index contributed by atoms with van der Waals surface area (Å²) in [5.74, 6) is -1.15. The molecule has 0 aliphatic carbocycles. The van der Waals surface area contributed by atoms with Gasteiger partial charge < -0.3 is 34.0 Å². The lowest BCUT2D eigenvalue weighted by Gasteiger charge is -2.20. The van der Waals surface area contributed by atoms with E-state index in [0.29, 0.717) is 31.5 Å². The van der Waals surface area contributed by atoms with Crippen LogP contribution in [0.1, 0.15) is 142 Å². The van der Waals surface area contributed by atoms with Gasteiger partial charge in [-0.1, -0.05) is 137 Å². The van der Waals surface area contributed by atoms with E-state index in [1.54, 1.807) is 0 Å². The Morgan fingerprint density at radius 2 is 1.08 bits per heavy atom. The van der Waals surface area contributed by atoms with E-state index in [1.165, 1.54) is 19.3 Å². The van der Waals surface area contributed by atoms with E-state index in [0.717, 1.165) is 77.0 Å². The standard InChI is InChI=1S/C48H78O14P2/c1-3-5-7-8-9-10-11-12-13-14-15-16-17-18-19-23-26-29-33-37-47(50)57-41-44(42-60-64(55,56)59-40-43(49)39-58-63(52,53)54)61-48(51)38-34-30-27-24-21-20-22-25-28-32-36-46-45(62-46)35-31-6-4-2/h5,7,9-10,12-13,15-16,18-20,22,24,27-28,32,43-46,49H,3-4,6,8,11,14,17,21,23,25-26,29-31,33-42H2,1-2H3,(H,55,56)(H2,52,53,54)/b7-5-,10-9-,13-12-,16-15-,19-18-,22-20-,27-24-,32-28-/t43-,44+,45?,46?/m0/s1. The van der Waals surface area contributed by atoms with Gasteiger partial charge in [0.2, 0.25) is 0 Å². The molecule has 1 aliphatic rings. The number of epoxide rings is 1. The highest BCUT2D eigenvalue weighted by Gasteiger charge is 2.36. The average molecular weight is 941 g/mol. The third-order valence-corrected chi connectivity index (χ3v) is 10.8. The summed E-state index contributed by atoms with van der Waals surface area (Å²) in [6.07, 6.45) is 48.6. The number of aliphatic hydroxyl groups is 1. The van der Waals surface area contributed by atoms with E-state index in [-0.39, 0.29) is 12.8 Å². The fourth-order valence-electron chi connectivity index (χ4n) is 5.81. The predicted molar refractivity (Wildman–Crippen MR) is 252 cm³/mol. The van der Waals surface area contributed by atoms with Gasteiger partial charge in [-0.15, -0.1) is 0 Å². The minimum Gasteiger partial charge on any atom is -0.462 e. The van der Waals surface area contributed by atoms with Crippen LogP contribution >= 0.6 is 15.6 Å². The van der Waals surface area contributed by atoms with Crippen LogP contribution in [0.4, 0.5) is 0 Å². The van der Waals surface area contributed by atoms with Crippen molar-refractivity contribution in [3.05, 3.63) is 97.2 Å². The lowest BCUT2D eigenvalue weighted by atomic mass is 10.1. The summed E-state index contributed by atoms with van der Waals surface area (Å²) in [6.45, 7) is 1.50. The SMILES string of the molecule is CC/C=C\C/C=C\C/C=C\C/C=C\C/C=C\CCCCCC(=O)OC[C@H](COP(=O)(O)OC[C@@H](O)COP(=O)(O)O)OC(=O)CCC/C=C\C/C=C\C/C=C\CC1OC1CCCCC. The molecule has 4 N–H and O–H groups in total. The Morgan fingerprint density at radius 3 is 1.66 bits per heavy atom. The molecule has 0 bridgehead atoms. The molecular weight excluding hydrogens is 862 g/mol. The molecule has 16 heteroatoms. The molecule has 0 aromatic heterocycles. The second kappa shape index (κ2) is 39.2. The maximum absolute atomic E-state index is 12.7. The zero-order chi connectivity index (χ0) is 47.0. The molecule has 0 spiro atoms. The number of hydrogen-bond donors (Lipinski definition) is 4. The lowest BCUT2D eigenvalue weighted by Crippen LogP contribution is -2.29. The third kappa shape index (κ3) is 39.4. The molecule has 1 rings (SSSR count). The number of allylic oxidation sites excluding steroid dienone is 15. The Morgan fingerprint density at radius 1 is 0.562 bits per heavy atom. The first-order valence-electron chi connectivity index (χ1n) is 23.1. The van der Waals surface area contributed by atoms with E-state index in [4.69, 9.17) is 28.5 Å². The number of rotatable bonds is 41. The Hall–Kier alpha value is -3.00. The number of hydrogen-bond acceptors (Lipinski definition) is 11. The van der Waals surface area contributed by atoms with Crippen LogP contribution in [0.2, 0.25) is 0 Å². The molecule has 0 amide bonds. The molecule has 0 saturated carbocycles. The summed E-state index contributed by atoms with van der Waals surface area (Å²) < 4.78 is 53.5. The number of carbonyl (C=O) groups excluding carboxylic acids is 2. The zero-order valence-electron chi connectivity index (χ0n) is 38.3. The number of unbranched alkanes of at least 4 members (excludes halogenated alkanes) is 6. The Kier molecular flexibility index (Phi) is 36.1. The largest absolute Gasteiger partial charge is 0.472 e. The molecule has 364 valence electrons. The first-order chi connectivity index (χ1) is 30.8. The Labute approximate surface area is 383 Å². The molecule has 5 atom stereocenters. The molecule has 64 heavy (non-hydrogen) atoms. The second-order valence-electron chi connectivity index (χ2n) is 15.3. The van der Waals surface area contributed by atoms with Crippen LogP contribution < -0.4 is 0 Å². The van der Waals surface area contributed by atoms with Crippen LogP contribution in [-0.2, 0) is 46.5 Å². The van der Waals surface area contributed by atoms with Gasteiger partial charge >= 0.3 is 27.6 Å². The molecule has 3 unspecified atom stereocenters. The van der Waals surface area contributed by atoms with Crippen LogP contribution in [-0.4, -0.2) is 82.6 Å². The van der Waals surface area contributed by atoms with Gasteiger partial charge in [0, 0.05) is 12.8 Å². The van der Waals surface area contributed by atoms with Crippen molar-refractivity contribution in [2.45, 2.75) is 167 Å². The van der Waals surface area contributed by atoms with Crippen molar-refractivity contribution >= 4 is 27.6 Å². The van der Waals surface area contributed by atoms with Crippen molar-refractivity contribution in [3.8, 4) is 0 Å². The summed E-state index contributed by atoms with van der Waals surface area (Å²) >= 11 is 0. The minimum absolute atomic E-state index is 0.0382. The van der Waals surface area contributed by atoms with E-state index in [9.17, 15) is 28.7 Å². The van der Waals surface area contributed by atoms with Gasteiger partial charge in [-0.2, -0.15) is 0 Å². The molecule has 1 fully saturated rings. The van der Waals surface area contributed by atoms with Crippen LogP contribution in [0, 0.1) is 0 Å². The fraction of sp³-hybridized carbons (Fsp3) is 0.625. The fourth-order valence-corrected chi connectivity index (χ4v) is 6.97. The van der Waals surface area contributed by atoms with Crippen molar-refractivity contribution < 1.29 is 66.3 Å². The quantitative estimate of drug-likeness (QED) is 0.0148. The molecule has 0 aromatic rings. The average Bonchev–Trinajstić information content (AvgIpc) is 4.01. The number of aliphatic hydroxyl groups excluding tert-OH is 1. The second-order valence-corrected chi connectivity index (χ2v) is 18.0. The van der Waals surface area contributed by atoms with E-state index in [1.807, 2.05) is 12.2 Å². The topological polar surface area (TPSA) is 208 Å². The monoisotopic (exact) mass is 940 g/mol. The van der Waals surface area contributed by atoms with Crippen molar-refractivity contribution in [2.75, 3.05) is 26.4 Å². The van der Waals surface area contributed by atoms with Crippen LogP contribution in [0.15, 0.2) is 97.2 Å². The Bertz CT molecular complexity index is 1560. The smallest absolute Gasteiger partial charge is 0.462 e. The maximum Gasteiger partial charge on any atom is 0.472 e. The van der Waals surface area contributed by atoms with Crippen molar-refractivity contribution in [3.63, 3.8) is 0 Å². The van der Waals surface area contributed by atoms with Gasteiger partial charge in [0.25, 0.3) is 0 Å². The molecule has 0 aromatic carbocycles. The minimum atomic E-state index is -4.88. The zero-order valence-corrected chi connectivity index (χ0v) is 40.1. The molecular formula is C48H78O14P2. The van der Waals surface area contributed by atoms with Gasteiger partial charge in [-0.25, -0.2) is 9.13 Å². The third-order valence-electron chi connectivity index (χ3n) is 9.37. The van der Waals surface area contributed by atoms with Crippen LogP contribution in [0.25, 0.3) is 0 Å². The molecule has 0 radical (unpaired) electrons. The normalized spacial score (nSPS) is 18.0. The molecule has 1 saturated heterocycles. The van der Waals surface area contributed by atoms with E-state index >= 15 is 0 Å². The van der Waals surface area contributed by atoms with E-state index < -0.39 is 66.2 Å². The Balaban J connectivity index is 2.41. The first-order valence-corrected chi connectivity index (χ1v) is 26.1. The number of phosphoric acid groups is 2. The predicted octanol–water partition coefficient (Wildman–Crippen LogP) is 11.1. The summed E-state index contributed by atoms with van der Waals surface area (Å²) in [4.78, 5) is 52.8. The summed E-state index contributed by atoms with van der Waals surface area (Å²) in [6, 6.07) is 0. The molecule has 14 nitrogen and oxygen atoms in total.